The summed E-state index contributed by atoms with van der Waals surface area (Å²) in [6.45, 7) is 5.03. The fraction of sp³-hybridized carbons (Fsp3) is 0.588. The van der Waals surface area contributed by atoms with Gasteiger partial charge in [0.1, 0.15) is 5.82 Å². The van der Waals surface area contributed by atoms with Crippen LogP contribution in [0.15, 0.2) is 22.7 Å². The molecule has 120 valence electrons. The molecule has 0 spiro atoms. The SMILES string of the molecule is C[C@H]1CCCN1CC1CCCN1C(=O)c1ccc(Br)cc1F. The Balaban J connectivity index is 1.73. The normalized spacial score (nSPS) is 25.9. The minimum absolute atomic E-state index is 0.167. The van der Waals surface area contributed by atoms with E-state index >= 15 is 0 Å². The lowest BCUT2D eigenvalue weighted by atomic mass is 10.1. The van der Waals surface area contributed by atoms with Gasteiger partial charge in [-0.3, -0.25) is 9.69 Å². The van der Waals surface area contributed by atoms with E-state index in [1.807, 2.05) is 4.90 Å². The van der Waals surface area contributed by atoms with Crippen molar-refractivity contribution in [3.63, 3.8) is 0 Å². The van der Waals surface area contributed by atoms with Crippen LogP contribution in [-0.2, 0) is 0 Å². The summed E-state index contributed by atoms with van der Waals surface area (Å²) in [7, 11) is 0. The van der Waals surface area contributed by atoms with Crippen molar-refractivity contribution in [2.24, 2.45) is 0 Å². The Morgan fingerprint density at radius 3 is 2.77 bits per heavy atom. The predicted octanol–water partition coefficient (Wildman–Crippen LogP) is 3.68. The lowest BCUT2D eigenvalue weighted by molar-refractivity contribution is 0.0692. The number of hydrogen-bond donors (Lipinski definition) is 0. The summed E-state index contributed by atoms with van der Waals surface area (Å²) in [5.41, 5.74) is 0.185. The van der Waals surface area contributed by atoms with Crippen molar-refractivity contribution in [3.8, 4) is 0 Å². The zero-order valence-electron chi connectivity index (χ0n) is 12.9. The maximum atomic E-state index is 14.1. The largest absolute Gasteiger partial charge is 0.334 e. The highest BCUT2D eigenvalue weighted by Gasteiger charge is 2.33. The fourth-order valence-electron chi connectivity index (χ4n) is 3.65. The van der Waals surface area contributed by atoms with Gasteiger partial charge < -0.3 is 4.90 Å². The van der Waals surface area contributed by atoms with E-state index in [2.05, 4.69) is 27.8 Å². The van der Waals surface area contributed by atoms with Crippen molar-refractivity contribution in [1.82, 2.24) is 9.80 Å². The third-order valence-electron chi connectivity index (χ3n) is 4.94. The number of carbonyl (C=O) groups is 1. The minimum atomic E-state index is -0.445. The van der Waals surface area contributed by atoms with E-state index < -0.39 is 5.82 Å². The van der Waals surface area contributed by atoms with Crippen LogP contribution in [0, 0.1) is 5.82 Å². The Hall–Kier alpha value is -0.940. The van der Waals surface area contributed by atoms with Crippen LogP contribution in [0.2, 0.25) is 0 Å². The molecule has 3 rings (SSSR count). The number of carbonyl (C=O) groups excluding carboxylic acids is 1. The minimum Gasteiger partial charge on any atom is -0.334 e. The molecule has 3 nitrogen and oxygen atoms in total. The van der Waals surface area contributed by atoms with Gasteiger partial charge in [0.05, 0.1) is 5.56 Å². The predicted molar refractivity (Wildman–Crippen MR) is 88.4 cm³/mol. The molecule has 1 aromatic carbocycles. The molecule has 22 heavy (non-hydrogen) atoms. The van der Waals surface area contributed by atoms with Gasteiger partial charge in [0.25, 0.3) is 5.91 Å². The molecular formula is C17H22BrFN2O. The van der Waals surface area contributed by atoms with Crippen molar-refractivity contribution in [3.05, 3.63) is 34.1 Å². The number of nitrogens with zero attached hydrogens (tertiary/aromatic N) is 2. The topological polar surface area (TPSA) is 23.6 Å². The van der Waals surface area contributed by atoms with Crippen molar-refractivity contribution >= 4 is 21.8 Å². The van der Waals surface area contributed by atoms with Crippen LogP contribution in [0.5, 0.6) is 0 Å². The molecular weight excluding hydrogens is 347 g/mol. The van der Waals surface area contributed by atoms with E-state index in [0.29, 0.717) is 10.5 Å². The van der Waals surface area contributed by atoms with Gasteiger partial charge in [-0.25, -0.2) is 4.39 Å². The van der Waals surface area contributed by atoms with Gasteiger partial charge in [0.2, 0.25) is 0 Å². The molecule has 1 unspecified atom stereocenters. The molecule has 2 saturated heterocycles. The van der Waals surface area contributed by atoms with Crippen molar-refractivity contribution < 1.29 is 9.18 Å². The number of amides is 1. The lowest BCUT2D eigenvalue weighted by Crippen LogP contribution is -2.44. The van der Waals surface area contributed by atoms with E-state index in [4.69, 9.17) is 0 Å². The maximum absolute atomic E-state index is 14.1. The zero-order chi connectivity index (χ0) is 15.7. The molecule has 2 aliphatic heterocycles. The highest BCUT2D eigenvalue weighted by atomic mass is 79.9. The Labute approximate surface area is 139 Å². The highest BCUT2D eigenvalue weighted by molar-refractivity contribution is 9.10. The summed E-state index contributed by atoms with van der Waals surface area (Å²) in [5.74, 6) is -0.612. The van der Waals surface area contributed by atoms with Gasteiger partial charge in [-0.05, 0) is 57.4 Å². The molecule has 0 aromatic heterocycles. The van der Waals surface area contributed by atoms with E-state index in [1.165, 1.54) is 18.9 Å². The van der Waals surface area contributed by atoms with Crippen LogP contribution in [0.3, 0.4) is 0 Å². The highest BCUT2D eigenvalue weighted by Crippen LogP contribution is 2.26. The third-order valence-corrected chi connectivity index (χ3v) is 5.43. The molecule has 0 saturated carbocycles. The maximum Gasteiger partial charge on any atom is 0.257 e. The van der Waals surface area contributed by atoms with Gasteiger partial charge in [-0.15, -0.1) is 0 Å². The standard InChI is InChI=1S/C17H22BrFN2O/c1-12-4-2-8-20(12)11-14-5-3-9-21(14)17(22)15-7-6-13(18)10-16(15)19/h6-7,10,12,14H,2-5,8-9,11H2,1H3/t12-,14?/m0/s1. The first-order chi connectivity index (χ1) is 10.6. The summed E-state index contributed by atoms with van der Waals surface area (Å²) < 4.78 is 14.7. The Bertz CT molecular complexity index is 566. The lowest BCUT2D eigenvalue weighted by Gasteiger charge is -2.31. The smallest absolute Gasteiger partial charge is 0.257 e. The molecule has 5 heteroatoms. The van der Waals surface area contributed by atoms with Crippen molar-refractivity contribution in [1.29, 1.82) is 0 Å². The van der Waals surface area contributed by atoms with Crippen LogP contribution >= 0.6 is 15.9 Å². The summed E-state index contributed by atoms with van der Waals surface area (Å²) in [5, 5.41) is 0. The van der Waals surface area contributed by atoms with Gasteiger partial charge in [0.15, 0.2) is 0 Å². The fourth-order valence-corrected chi connectivity index (χ4v) is 3.98. The second-order valence-corrected chi connectivity index (χ2v) is 7.32. The molecule has 2 aliphatic rings. The second-order valence-electron chi connectivity index (χ2n) is 6.40. The molecule has 1 aromatic rings. The Morgan fingerprint density at radius 2 is 2.09 bits per heavy atom. The molecule has 0 radical (unpaired) electrons. The Morgan fingerprint density at radius 1 is 1.32 bits per heavy atom. The summed E-state index contributed by atoms with van der Waals surface area (Å²) in [6, 6.07) is 5.48. The first kappa shape index (κ1) is 15.9. The summed E-state index contributed by atoms with van der Waals surface area (Å²) in [4.78, 5) is 17.0. The van der Waals surface area contributed by atoms with Gasteiger partial charge in [-0.1, -0.05) is 15.9 Å². The van der Waals surface area contributed by atoms with E-state index in [9.17, 15) is 9.18 Å². The number of halogens is 2. The van der Waals surface area contributed by atoms with Crippen LogP contribution in [0.25, 0.3) is 0 Å². The quantitative estimate of drug-likeness (QED) is 0.812. The molecule has 0 aliphatic carbocycles. The van der Waals surface area contributed by atoms with E-state index in [1.54, 1.807) is 12.1 Å². The van der Waals surface area contributed by atoms with Crippen LogP contribution < -0.4 is 0 Å². The molecule has 2 fully saturated rings. The third kappa shape index (κ3) is 3.20. The first-order valence-corrected chi connectivity index (χ1v) is 8.85. The Kier molecular flexibility index (Phi) is 4.83. The van der Waals surface area contributed by atoms with Gasteiger partial charge >= 0.3 is 0 Å². The average molecular weight is 369 g/mol. The number of rotatable bonds is 3. The van der Waals surface area contributed by atoms with Gasteiger partial charge in [0, 0.05) is 29.6 Å². The monoisotopic (exact) mass is 368 g/mol. The van der Waals surface area contributed by atoms with Crippen LogP contribution in [0.1, 0.15) is 43.0 Å². The van der Waals surface area contributed by atoms with Gasteiger partial charge in [-0.2, -0.15) is 0 Å². The van der Waals surface area contributed by atoms with Crippen molar-refractivity contribution in [2.75, 3.05) is 19.6 Å². The van der Waals surface area contributed by atoms with E-state index in [-0.39, 0.29) is 17.5 Å². The molecule has 0 N–H and O–H groups in total. The molecule has 1 amide bonds. The average Bonchev–Trinajstić information content (AvgIpc) is 3.09. The first-order valence-electron chi connectivity index (χ1n) is 8.06. The van der Waals surface area contributed by atoms with Crippen molar-refractivity contribution in [2.45, 2.75) is 44.7 Å². The number of benzene rings is 1. The van der Waals surface area contributed by atoms with Crippen LogP contribution in [-0.4, -0.2) is 47.4 Å². The molecule has 0 bridgehead atoms. The summed E-state index contributed by atoms with van der Waals surface area (Å²) >= 11 is 3.23. The number of likely N-dealkylation sites (tertiary alicyclic amines) is 2. The van der Waals surface area contributed by atoms with Crippen LogP contribution in [0.4, 0.5) is 4.39 Å². The summed E-state index contributed by atoms with van der Waals surface area (Å²) in [6.07, 6.45) is 4.51. The number of hydrogen-bond acceptors (Lipinski definition) is 2. The molecule has 2 atom stereocenters. The van der Waals surface area contributed by atoms with E-state index in [0.717, 1.165) is 32.5 Å². The molecule has 2 heterocycles. The zero-order valence-corrected chi connectivity index (χ0v) is 14.5. The second kappa shape index (κ2) is 6.67.